The monoisotopic (exact) mass is 419 g/mol. The van der Waals surface area contributed by atoms with Gasteiger partial charge in [-0.3, -0.25) is 4.79 Å². The standard InChI is InChI=1S/C24H22ClN3O2/c1-16(26-24(29)18-10-4-8-14-22(18)30-2)23-27-20-12-6-7-13-21(20)28(23)15-17-9-3-5-11-19(17)25/h3-14,16H,15H2,1-2H3,(H,26,29). The minimum Gasteiger partial charge on any atom is -0.496 e. The second-order valence-corrected chi connectivity index (χ2v) is 7.44. The predicted octanol–water partition coefficient (Wildman–Crippen LogP) is 5.24. The molecule has 1 amide bonds. The van der Waals surface area contributed by atoms with Gasteiger partial charge in [-0.15, -0.1) is 0 Å². The van der Waals surface area contributed by atoms with E-state index in [1.807, 2.05) is 67.6 Å². The van der Waals surface area contributed by atoms with Crippen LogP contribution in [0.4, 0.5) is 0 Å². The fourth-order valence-electron chi connectivity index (χ4n) is 3.56. The first-order valence-electron chi connectivity index (χ1n) is 9.71. The molecule has 1 atom stereocenters. The van der Waals surface area contributed by atoms with Crippen molar-refractivity contribution in [3.05, 3.63) is 94.8 Å². The van der Waals surface area contributed by atoms with Gasteiger partial charge in [-0.2, -0.15) is 0 Å². The van der Waals surface area contributed by atoms with Crippen molar-refractivity contribution >= 4 is 28.5 Å². The zero-order valence-electron chi connectivity index (χ0n) is 16.8. The number of carbonyl (C=O) groups is 1. The fourth-order valence-corrected chi connectivity index (χ4v) is 3.75. The van der Waals surface area contributed by atoms with E-state index in [0.29, 0.717) is 22.9 Å². The summed E-state index contributed by atoms with van der Waals surface area (Å²) in [4.78, 5) is 17.7. The van der Waals surface area contributed by atoms with Gasteiger partial charge in [0.15, 0.2) is 0 Å². The van der Waals surface area contributed by atoms with Gasteiger partial charge in [-0.05, 0) is 42.8 Å². The summed E-state index contributed by atoms with van der Waals surface area (Å²) < 4.78 is 7.42. The second kappa shape index (κ2) is 8.59. The topological polar surface area (TPSA) is 56.1 Å². The number of para-hydroxylation sites is 3. The summed E-state index contributed by atoms with van der Waals surface area (Å²) in [6, 6.07) is 22.5. The first-order valence-corrected chi connectivity index (χ1v) is 10.1. The largest absolute Gasteiger partial charge is 0.496 e. The third-order valence-electron chi connectivity index (χ3n) is 5.06. The van der Waals surface area contributed by atoms with Crippen molar-refractivity contribution in [3.63, 3.8) is 0 Å². The van der Waals surface area contributed by atoms with Crippen molar-refractivity contribution in [1.82, 2.24) is 14.9 Å². The molecule has 0 radical (unpaired) electrons. The van der Waals surface area contributed by atoms with Crippen LogP contribution in [0.1, 0.15) is 34.7 Å². The Bertz CT molecular complexity index is 1200. The van der Waals surface area contributed by atoms with Gasteiger partial charge in [0, 0.05) is 5.02 Å². The normalized spacial score (nSPS) is 12.0. The van der Waals surface area contributed by atoms with E-state index >= 15 is 0 Å². The molecule has 0 saturated heterocycles. The zero-order chi connectivity index (χ0) is 21.1. The molecule has 6 heteroatoms. The Morgan fingerprint density at radius 3 is 2.57 bits per heavy atom. The van der Waals surface area contributed by atoms with Crippen LogP contribution in [0.2, 0.25) is 5.02 Å². The summed E-state index contributed by atoms with van der Waals surface area (Å²) in [6.07, 6.45) is 0. The summed E-state index contributed by atoms with van der Waals surface area (Å²) in [5.74, 6) is 1.09. The number of carbonyl (C=O) groups excluding carboxylic acids is 1. The van der Waals surface area contributed by atoms with E-state index < -0.39 is 0 Å². The third-order valence-corrected chi connectivity index (χ3v) is 5.43. The maximum atomic E-state index is 12.9. The highest BCUT2D eigenvalue weighted by atomic mass is 35.5. The number of hydrogen-bond donors (Lipinski definition) is 1. The molecular formula is C24H22ClN3O2. The Balaban J connectivity index is 1.69. The number of hydrogen-bond acceptors (Lipinski definition) is 3. The van der Waals surface area contributed by atoms with Gasteiger partial charge in [-0.1, -0.05) is 54.1 Å². The highest BCUT2D eigenvalue weighted by Crippen LogP contribution is 2.25. The average Bonchev–Trinajstić information content (AvgIpc) is 3.14. The molecule has 1 aromatic heterocycles. The molecule has 3 aromatic carbocycles. The highest BCUT2D eigenvalue weighted by Gasteiger charge is 2.21. The van der Waals surface area contributed by atoms with Gasteiger partial charge < -0.3 is 14.6 Å². The van der Waals surface area contributed by atoms with Crippen molar-refractivity contribution in [2.45, 2.75) is 19.5 Å². The third kappa shape index (κ3) is 3.89. The lowest BCUT2D eigenvalue weighted by molar-refractivity contribution is 0.0934. The lowest BCUT2D eigenvalue weighted by Gasteiger charge is -2.18. The van der Waals surface area contributed by atoms with E-state index in [9.17, 15) is 4.79 Å². The Morgan fingerprint density at radius 1 is 1.07 bits per heavy atom. The van der Waals surface area contributed by atoms with Gasteiger partial charge in [-0.25, -0.2) is 4.98 Å². The van der Waals surface area contributed by atoms with Crippen molar-refractivity contribution in [1.29, 1.82) is 0 Å². The molecule has 1 unspecified atom stereocenters. The van der Waals surface area contributed by atoms with Crippen molar-refractivity contribution in [2.24, 2.45) is 0 Å². The first-order chi connectivity index (χ1) is 14.6. The zero-order valence-corrected chi connectivity index (χ0v) is 17.6. The van der Waals surface area contributed by atoms with Crippen LogP contribution in [0.15, 0.2) is 72.8 Å². The summed E-state index contributed by atoms with van der Waals surface area (Å²) in [7, 11) is 1.55. The maximum absolute atomic E-state index is 12.9. The predicted molar refractivity (Wildman–Crippen MR) is 119 cm³/mol. The quantitative estimate of drug-likeness (QED) is 0.465. The number of methoxy groups -OCH3 is 1. The number of aromatic nitrogens is 2. The Kier molecular flexibility index (Phi) is 5.72. The number of benzene rings is 3. The molecule has 30 heavy (non-hydrogen) atoms. The number of nitrogens with one attached hydrogen (secondary N) is 1. The second-order valence-electron chi connectivity index (χ2n) is 7.03. The van der Waals surface area contributed by atoms with Crippen LogP contribution in [0.5, 0.6) is 5.75 Å². The van der Waals surface area contributed by atoms with E-state index in [1.165, 1.54) is 0 Å². The molecule has 0 bridgehead atoms. The van der Waals surface area contributed by atoms with Crippen LogP contribution in [0, 0.1) is 0 Å². The van der Waals surface area contributed by atoms with Crippen molar-refractivity contribution in [2.75, 3.05) is 7.11 Å². The van der Waals surface area contributed by atoms with Crippen LogP contribution in [-0.2, 0) is 6.54 Å². The van der Waals surface area contributed by atoms with Gasteiger partial charge in [0.2, 0.25) is 0 Å². The maximum Gasteiger partial charge on any atom is 0.255 e. The summed E-state index contributed by atoms with van der Waals surface area (Å²) in [5.41, 5.74) is 3.34. The van der Waals surface area contributed by atoms with Crippen molar-refractivity contribution < 1.29 is 9.53 Å². The SMILES string of the molecule is COc1ccccc1C(=O)NC(C)c1nc2ccccc2n1Cc1ccccc1Cl. The summed E-state index contributed by atoms with van der Waals surface area (Å²) >= 11 is 6.40. The van der Waals surface area contributed by atoms with Gasteiger partial charge in [0.05, 0.1) is 36.3 Å². The van der Waals surface area contributed by atoms with Crippen LogP contribution in [-0.4, -0.2) is 22.6 Å². The smallest absolute Gasteiger partial charge is 0.255 e. The molecule has 0 spiro atoms. The number of imidazole rings is 1. The van der Waals surface area contributed by atoms with Crippen LogP contribution < -0.4 is 10.1 Å². The van der Waals surface area contributed by atoms with Gasteiger partial charge in [0.25, 0.3) is 5.91 Å². The van der Waals surface area contributed by atoms with Crippen LogP contribution in [0.3, 0.4) is 0 Å². The molecule has 4 aromatic rings. The Hall–Kier alpha value is -3.31. The summed E-state index contributed by atoms with van der Waals surface area (Å²) in [5, 5.41) is 3.75. The Labute approximate surface area is 180 Å². The number of fused-ring (bicyclic) bond motifs is 1. The number of rotatable bonds is 6. The molecule has 0 aliphatic heterocycles. The van der Waals surface area contributed by atoms with Crippen LogP contribution in [0.25, 0.3) is 11.0 Å². The van der Waals surface area contributed by atoms with Gasteiger partial charge >= 0.3 is 0 Å². The lowest BCUT2D eigenvalue weighted by atomic mass is 10.1. The minimum atomic E-state index is -0.322. The minimum absolute atomic E-state index is 0.212. The molecule has 152 valence electrons. The van der Waals surface area contributed by atoms with E-state index in [4.69, 9.17) is 21.3 Å². The molecule has 5 nitrogen and oxygen atoms in total. The van der Waals surface area contributed by atoms with E-state index in [0.717, 1.165) is 22.4 Å². The molecule has 1 heterocycles. The molecular weight excluding hydrogens is 398 g/mol. The average molecular weight is 420 g/mol. The molecule has 0 fully saturated rings. The molecule has 0 saturated carbocycles. The van der Waals surface area contributed by atoms with Gasteiger partial charge in [0.1, 0.15) is 11.6 Å². The van der Waals surface area contributed by atoms with E-state index in [-0.39, 0.29) is 11.9 Å². The summed E-state index contributed by atoms with van der Waals surface area (Å²) in [6.45, 7) is 2.49. The molecule has 0 aliphatic carbocycles. The molecule has 4 rings (SSSR count). The van der Waals surface area contributed by atoms with Crippen LogP contribution >= 0.6 is 11.6 Å². The van der Waals surface area contributed by atoms with E-state index in [2.05, 4.69) is 9.88 Å². The number of ether oxygens (including phenoxy) is 1. The number of halogens is 1. The molecule has 0 aliphatic rings. The Morgan fingerprint density at radius 2 is 1.77 bits per heavy atom. The van der Waals surface area contributed by atoms with E-state index in [1.54, 1.807) is 19.2 Å². The lowest BCUT2D eigenvalue weighted by Crippen LogP contribution is -2.29. The first kappa shape index (κ1) is 20.0. The fraction of sp³-hybridized carbons (Fsp3) is 0.167. The highest BCUT2D eigenvalue weighted by molar-refractivity contribution is 6.31. The molecule has 1 N–H and O–H groups in total. The van der Waals surface area contributed by atoms with Crippen molar-refractivity contribution in [3.8, 4) is 5.75 Å². The number of amides is 1. The number of nitrogens with zero attached hydrogens (tertiary/aromatic N) is 2.